The summed E-state index contributed by atoms with van der Waals surface area (Å²) in [6.07, 6.45) is 0. The summed E-state index contributed by atoms with van der Waals surface area (Å²) in [4.78, 5) is 13.7. The van der Waals surface area contributed by atoms with Crippen LogP contribution in [0.4, 0.5) is 5.69 Å². The minimum absolute atomic E-state index is 0.130. The molecule has 4 rings (SSSR count). The third kappa shape index (κ3) is 4.61. The van der Waals surface area contributed by atoms with Crippen molar-refractivity contribution in [2.45, 2.75) is 6.92 Å². The summed E-state index contributed by atoms with van der Waals surface area (Å²) in [5.74, 6) is 0.277. The Bertz CT molecular complexity index is 1190. The van der Waals surface area contributed by atoms with Crippen molar-refractivity contribution in [2.24, 2.45) is 0 Å². The molecule has 0 saturated carbocycles. The lowest BCUT2D eigenvalue weighted by Crippen LogP contribution is -2.37. The van der Waals surface area contributed by atoms with Crippen molar-refractivity contribution in [3.63, 3.8) is 0 Å². The molecule has 0 spiro atoms. The maximum Gasteiger partial charge on any atom is 0.264 e. The minimum Gasteiger partial charge on any atom is -0.484 e. The van der Waals surface area contributed by atoms with Crippen LogP contribution in [0.15, 0.2) is 72.8 Å². The molecule has 0 fully saturated rings. The van der Waals surface area contributed by atoms with Gasteiger partial charge < -0.3 is 10.1 Å². The zero-order chi connectivity index (χ0) is 20.9. The number of thiocarbonyl (C=S) groups is 1. The average Bonchev–Trinajstić information content (AvgIpc) is 3.16. The highest BCUT2D eigenvalue weighted by molar-refractivity contribution is 7.80. The lowest BCUT2D eigenvalue weighted by molar-refractivity contribution is -0.121. The molecule has 0 radical (unpaired) electrons. The van der Waals surface area contributed by atoms with Gasteiger partial charge in [0.15, 0.2) is 11.7 Å². The summed E-state index contributed by atoms with van der Waals surface area (Å²) in [7, 11) is 0. The number of carbonyl (C=O) groups excluding carboxylic acids is 1. The van der Waals surface area contributed by atoms with E-state index in [0.717, 1.165) is 22.5 Å². The third-order valence-corrected chi connectivity index (χ3v) is 4.53. The molecule has 0 saturated heterocycles. The summed E-state index contributed by atoms with van der Waals surface area (Å²) in [5.41, 5.74) is 4.04. The van der Waals surface area contributed by atoms with Crippen LogP contribution >= 0.6 is 12.2 Å². The Morgan fingerprint density at radius 3 is 2.33 bits per heavy atom. The second kappa shape index (κ2) is 8.71. The fourth-order valence-electron chi connectivity index (χ4n) is 2.86. The number of benzene rings is 3. The number of aryl methyl sites for hydroxylation is 1. The monoisotopic (exact) mass is 417 g/mol. The number of nitrogens with zero attached hydrogens (tertiary/aromatic N) is 3. The van der Waals surface area contributed by atoms with Crippen LogP contribution < -0.4 is 15.4 Å². The number of aromatic nitrogens is 3. The van der Waals surface area contributed by atoms with Crippen molar-refractivity contribution in [3.8, 4) is 11.4 Å². The first-order chi connectivity index (χ1) is 14.6. The van der Waals surface area contributed by atoms with Gasteiger partial charge in [0.05, 0.1) is 5.69 Å². The van der Waals surface area contributed by atoms with Crippen LogP contribution in [-0.2, 0) is 4.79 Å². The highest BCUT2D eigenvalue weighted by Crippen LogP contribution is 2.22. The molecule has 0 aliphatic carbocycles. The zero-order valence-electron chi connectivity index (χ0n) is 16.2. The van der Waals surface area contributed by atoms with Gasteiger partial charge in [-0.25, -0.2) is 0 Å². The first-order valence-corrected chi connectivity index (χ1v) is 9.71. The molecule has 1 aromatic heterocycles. The van der Waals surface area contributed by atoms with Gasteiger partial charge in [-0.3, -0.25) is 10.1 Å². The van der Waals surface area contributed by atoms with Gasteiger partial charge in [0, 0.05) is 5.69 Å². The van der Waals surface area contributed by atoms with E-state index in [1.807, 2.05) is 67.6 Å². The summed E-state index contributed by atoms with van der Waals surface area (Å²) in [6, 6.07) is 22.6. The van der Waals surface area contributed by atoms with E-state index in [9.17, 15) is 4.79 Å². The fourth-order valence-corrected chi connectivity index (χ4v) is 3.09. The van der Waals surface area contributed by atoms with Gasteiger partial charge in [0.1, 0.15) is 16.8 Å². The van der Waals surface area contributed by atoms with Gasteiger partial charge in [0.2, 0.25) is 0 Å². The van der Waals surface area contributed by atoms with Crippen molar-refractivity contribution < 1.29 is 9.53 Å². The van der Waals surface area contributed by atoms with Crippen LogP contribution in [0.25, 0.3) is 16.7 Å². The number of ether oxygens (including phenoxy) is 1. The smallest absolute Gasteiger partial charge is 0.264 e. The van der Waals surface area contributed by atoms with Crippen LogP contribution in [-0.4, -0.2) is 32.6 Å². The lowest BCUT2D eigenvalue weighted by atomic mass is 10.2. The van der Waals surface area contributed by atoms with E-state index in [1.165, 1.54) is 0 Å². The van der Waals surface area contributed by atoms with Crippen molar-refractivity contribution in [1.82, 2.24) is 20.3 Å². The Labute approximate surface area is 178 Å². The van der Waals surface area contributed by atoms with Gasteiger partial charge in [-0.05, 0) is 61.1 Å². The van der Waals surface area contributed by atoms with Crippen molar-refractivity contribution in [1.29, 1.82) is 0 Å². The molecule has 3 aromatic carbocycles. The minimum atomic E-state index is -0.342. The maximum atomic E-state index is 12.1. The Balaban J connectivity index is 1.42. The molecular weight excluding hydrogens is 398 g/mol. The molecule has 1 heterocycles. The number of anilines is 1. The molecule has 30 heavy (non-hydrogen) atoms. The van der Waals surface area contributed by atoms with Crippen LogP contribution in [0.5, 0.6) is 5.75 Å². The molecule has 0 unspecified atom stereocenters. The molecule has 2 N–H and O–H groups in total. The number of amides is 1. The third-order valence-electron chi connectivity index (χ3n) is 4.33. The Morgan fingerprint density at radius 2 is 1.63 bits per heavy atom. The number of para-hydroxylation sites is 2. The van der Waals surface area contributed by atoms with Crippen LogP contribution in [0.1, 0.15) is 5.56 Å². The van der Waals surface area contributed by atoms with Gasteiger partial charge in [-0.1, -0.05) is 36.4 Å². The second-order valence-electron chi connectivity index (χ2n) is 6.58. The number of carbonyl (C=O) groups is 1. The Kier molecular flexibility index (Phi) is 5.67. The van der Waals surface area contributed by atoms with Crippen molar-refractivity contribution >= 4 is 40.0 Å². The number of hydrogen-bond acceptors (Lipinski definition) is 5. The van der Waals surface area contributed by atoms with E-state index in [2.05, 4.69) is 20.8 Å². The Hall–Kier alpha value is -3.78. The maximum absolute atomic E-state index is 12.1. The van der Waals surface area contributed by atoms with E-state index in [1.54, 1.807) is 16.9 Å². The molecule has 7 nitrogen and oxygen atoms in total. The number of fused-ring (bicyclic) bond motifs is 1. The quantitative estimate of drug-likeness (QED) is 0.483. The largest absolute Gasteiger partial charge is 0.484 e. The van der Waals surface area contributed by atoms with Gasteiger partial charge >= 0.3 is 0 Å². The molecule has 150 valence electrons. The number of nitrogens with one attached hydrogen (secondary N) is 2. The zero-order valence-corrected chi connectivity index (χ0v) is 17.0. The van der Waals surface area contributed by atoms with Gasteiger partial charge in [-0.15, -0.1) is 10.2 Å². The molecule has 8 heteroatoms. The standard InChI is InChI=1S/C22H19N5O2S/c1-15-12-19-20(26-27(25-19)16-8-4-2-5-9-16)13-18(15)23-22(30)24-21(28)14-29-17-10-6-3-7-11-17/h2-13H,14H2,1H3,(H2,23,24,28,30). The highest BCUT2D eigenvalue weighted by Gasteiger charge is 2.11. The lowest BCUT2D eigenvalue weighted by Gasteiger charge is -2.12. The normalized spacial score (nSPS) is 10.6. The van der Waals surface area contributed by atoms with Gasteiger partial charge in [0.25, 0.3) is 5.91 Å². The Morgan fingerprint density at radius 1 is 1.00 bits per heavy atom. The van der Waals surface area contributed by atoms with E-state index < -0.39 is 0 Å². The SMILES string of the molecule is Cc1cc2nn(-c3ccccc3)nc2cc1NC(=S)NC(=O)COc1ccccc1. The number of rotatable bonds is 5. The second-order valence-corrected chi connectivity index (χ2v) is 6.99. The predicted molar refractivity (Wildman–Crippen MR) is 120 cm³/mol. The van der Waals surface area contributed by atoms with Crippen LogP contribution in [0.2, 0.25) is 0 Å². The van der Waals surface area contributed by atoms with E-state index in [4.69, 9.17) is 17.0 Å². The summed E-state index contributed by atoms with van der Waals surface area (Å²) < 4.78 is 5.42. The first-order valence-electron chi connectivity index (χ1n) is 9.30. The van der Waals surface area contributed by atoms with Crippen molar-refractivity contribution in [2.75, 3.05) is 11.9 Å². The molecule has 0 aliphatic rings. The van der Waals surface area contributed by atoms with E-state index >= 15 is 0 Å². The van der Waals surface area contributed by atoms with Crippen LogP contribution in [0, 0.1) is 6.92 Å². The van der Waals surface area contributed by atoms with E-state index in [-0.39, 0.29) is 17.6 Å². The van der Waals surface area contributed by atoms with Crippen molar-refractivity contribution in [3.05, 3.63) is 78.4 Å². The van der Waals surface area contributed by atoms with E-state index in [0.29, 0.717) is 11.3 Å². The topological polar surface area (TPSA) is 81.1 Å². The molecule has 0 bridgehead atoms. The molecule has 0 atom stereocenters. The first kappa shape index (κ1) is 19.5. The summed E-state index contributed by atoms with van der Waals surface area (Å²) >= 11 is 5.27. The molecule has 1 amide bonds. The fraction of sp³-hybridized carbons (Fsp3) is 0.0909. The summed E-state index contributed by atoms with van der Waals surface area (Å²) in [5, 5.41) is 14.9. The number of hydrogen-bond donors (Lipinski definition) is 2. The average molecular weight is 417 g/mol. The highest BCUT2D eigenvalue weighted by atomic mass is 32.1. The molecule has 0 aliphatic heterocycles. The van der Waals surface area contributed by atoms with Crippen LogP contribution in [0.3, 0.4) is 0 Å². The van der Waals surface area contributed by atoms with Gasteiger partial charge in [-0.2, -0.15) is 4.80 Å². The molecular formula is C22H19N5O2S. The molecule has 4 aromatic rings. The predicted octanol–water partition coefficient (Wildman–Crippen LogP) is 3.62. The summed E-state index contributed by atoms with van der Waals surface area (Å²) in [6.45, 7) is 1.81.